The van der Waals surface area contributed by atoms with Crippen molar-refractivity contribution < 1.29 is 64.0 Å². The first kappa shape index (κ1) is 31.4. The second-order valence-corrected chi connectivity index (χ2v) is 9.79. The number of rotatable bonds is 10. The molecule has 2 heterocycles. The molecule has 2 aliphatic heterocycles. The number of morpholine rings is 1. The summed E-state index contributed by atoms with van der Waals surface area (Å²) in [5, 5.41) is 75.7. The fourth-order valence-electron chi connectivity index (χ4n) is 4.87. The fourth-order valence-corrected chi connectivity index (χ4v) is 4.87. The smallest absolute Gasteiger partial charge is 0.287 e. The second kappa shape index (κ2) is 11.3. The number of hydrogen-bond acceptors (Lipinski definition) is 13. The van der Waals surface area contributed by atoms with Crippen molar-refractivity contribution in [3.63, 3.8) is 0 Å². The van der Waals surface area contributed by atoms with Gasteiger partial charge in [0.1, 0.15) is 18.2 Å². The number of carbonyl (C=O) groups excluding carboxylic acids is 3. The van der Waals surface area contributed by atoms with Crippen LogP contribution in [0.1, 0.15) is 27.0 Å². The number of fused-ring (bicyclic) bond motifs is 1. The molecule has 2 aliphatic rings. The third-order valence-electron chi connectivity index (χ3n) is 7.18. The van der Waals surface area contributed by atoms with Gasteiger partial charge >= 0.3 is 0 Å². The molecule has 0 aliphatic carbocycles. The van der Waals surface area contributed by atoms with E-state index < -0.39 is 75.5 Å². The van der Waals surface area contributed by atoms with E-state index in [1.54, 1.807) is 17.4 Å². The highest BCUT2D eigenvalue weighted by Crippen LogP contribution is 2.47. The van der Waals surface area contributed by atoms with E-state index in [1.165, 1.54) is 12.1 Å². The number of benzene rings is 2. The first-order valence-corrected chi connectivity index (χ1v) is 12.6. The highest BCUT2D eigenvalue weighted by atomic mass is 19.1. The minimum Gasteiger partial charge on any atom is -0.488 e. The number of amides is 2. The zero-order chi connectivity index (χ0) is 31.1. The van der Waals surface area contributed by atoms with E-state index in [-0.39, 0.29) is 5.56 Å². The summed E-state index contributed by atoms with van der Waals surface area (Å²) in [5.41, 5.74) is -5.34. The molecule has 0 aromatic heterocycles. The maximum Gasteiger partial charge on any atom is 0.287 e. The van der Waals surface area contributed by atoms with Gasteiger partial charge in [-0.3, -0.25) is 19.3 Å². The Morgan fingerprint density at radius 2 is 1.71 bits per heavy atom. The van der Waals surface area contributed by atoms with Gasteiger partial charge in [0.25, 0.3) is 35.0 Å². The molecule has 1 saturated heterocycles. The van der Waals surface area contributed by atoms with Crippen molar-refractivity contribution in [2.24, 2.45) is 0 Å². The van der Waals surface area contributed by atoms with Crippen LogP contribution in [0.25, 0.3) is 0 Å². The van der Waals surface area contributed by atoms with E-state index in [4.69, 9.17) is 9.47 Å². The highest BCUT2D eigenvalue weighted by molar-refractivity contribution is 6.04. The Balaban J connectivity index is 1.70. The van der Waals surface area contributed by atoms with Crippen LogP contribution in [0.4, 0.5) is 4.39 Å². The molecular formula is C26H30FN3O12. The summed E-state index contributed by atoms with van der Waals surface area (Å²) in [6.07, 6.45) is -0.874. The van der Waals surface area contributed by atoms with Gasteiger partial charge < -0.3 is 50.5 Å². The van der Waals surface area contributed by atoms with Gasteiger partial charge in [-0.2, -0.15) is 0 Å². The van der Waals surface area contributed by atoms with E-state index in [9.17, 15) is 50.1 Å². The van der Waals surface area contributed by atoms with Gasteiger partial charge in [-0.15, -0.1) is 0 Å². The van der Waals surface area contributed by atoms with Crippen LogP contribution in [0.3, 0.4) is 0 Å². The fraction of sp³-hybridized carbons (Fsp3) is 0.423. The number of carbonyl (C=O) groups is 3. The average Bonchev–Trinajstić information content (AvgIpc) is 3.18. The van der Waals surface area contributed by atoms with Gasteiger partial charge in [0, 0.05) is 37.8 Å². The summed E-state index contributed by atoms with van der Waals surface area (Å²) in [7, 11) is 0.821. The molecule has 8 N–H and O–H groups in total. The van der Waals surface area contributed by atoms with Crippen molar-refractivity contribution in [2.75, 3.05) is 33.4 Å². The molecule has 0 bridgehead atoms. The molecule has 1 unspecified atom stereocenters. The van der Waals surface area contributed by atoms with Crippen LogP contribution >= 0.6 is 0 Å². The number of aliphatic hydroxyl groups is 7. The molecule has 1 fully saturated rings. The molecule has 2 aromatic rings. The molecule has 0 spiro atoms. The standard InChI is InChI=1S/C26H30FN3O12/c1-28-22(33)24(36,26(39,40)23(34,35)14-31)30-21(32)17-6-3-7-18(19(17)25(30,37)38)42-13-16-5-2-4-15(20(16)27)12-29-8-10-41-11-9-29/h2-7,14,34-40H,8-13H2,1H3,(H,28,33). The largest absolute Gasteiger partial charge is 0.488 e. The lowest BCUT2D eigenvalue weighted by Crippen LogP contribution is -2.81. The predicted molar refractivity (Wildman–Crippen MR) is 135 cm³/mol. The van der Waals surface area contributed by atoms with Crippen LogP contribution in [0.2, 0.25) is 0 Å². The molecule has 4 rings (SSSR count). The number of aldehydes is 1. The van der Waals surface area contributed by atoms with Crippen molar-refractivity contribution in [2.45, 2.75) is 36.4 Å². The number of nitrogens with one attached hydrogen (secondary N) is 1. The first-order valence-electron chi connectivity index (χ1n) is 12.6. The topological polar surface area (TPSA) is 230 Å². The predicted octanol–water partition coefficient (Wildman–Crippen LogP) is -3.22. The molecule has 228 valence electrons. The summed E-state index contributed by atoms with van der Waals surface area (Å²) in [4.78, 5) is 38.6. The number of ether oxygens (including phenoxy) is 2. The zero-order valence-electron chi connectivity index (χ0n) is 22.2. The maximum atomic E-state index is 15.3. The Bertz CT molecular complexity index is 1380. The highest BCUT2D eigenvalue weighted by Gasteiger charge is 2.74. The van der Waals surface area contributed by atoms with E-state index >= 15 is 4.39 Å². The van der Waals surface area contributed by atoms with E-state index in [1.807, 2.05) is 4.90 Å². The van der Waals surface area contributed by atoms with Gasteiger partial charge in [0.2, 0.25) is 0 Å². The number of nitrogens with zero attached hydrogens (tertiary/aromatic N) is 2. The number of likely N-dealkylation sites (N-methyl/N-ethyl adjacent to an activating group) is 1. The Labute approximate surface area is 237 Å². The maximum absolute atomic E-state index is 15.3. The molecular weight excluding hydrogens is 565 g/mol. The molecule has 15 nitrogen and oxygen atoms in total. The molecule has 0 saturated carbocycles. The lowest BCUT2D eigenvalue weighted by Gasteiger charge is -2.48. The van der Waals surface area contributed by atoms with Crippen LogP contribution in [0, 0.1) is 5.82 Å². The third-order valence-corrected chi connectivity index (χ3v) is 7.18. The van der Waals surface area contributed by atoms with Gasteiger partial charge in [0.15, 0.2) is 6.29 Å². The summed E-state index contributed by atoms with van der Waals surface area (Å²) in [6, 6.07) is 7.95. The van der Waals surface area contributed by atoms with Crippen LogP contribution in [0.15, 0.2) is 36.4 Å². The minimum atomic E-state index is -4.64. The van der Waals surface area contributed by atoms with Crippen molar-refractivity contribution >= 4 is 18.1 Å². The van der Waals surface area contributed by atoms with Gasteiger partial charge in [-0.1, -0.05) is 24.3 Å². The normalized spacial score (nSPS) is 18.8. The van der Waals surface area contributed by atoms with Crippen LogP contribution < -0.4 is 10.1 Å². The Hall–Kier alpha value is -3.58. The summed E-state index contributed by atoms with van der Waals surface area (Å²) < 4.78 is 26.3. The van der Waals surface area contributed by atoms with E-state index in [0.29, 0.717) is 38.4 Å². The monoisotopic (exact) mass is 595 g/mol. The van der Waals surface area contributed by atoms with Crippen molar-refractivity contribution in [1.82, 2.24) is 15.1 Å². The van der Waals surface area contributed by atoms with Crippen LogP contribution in [0.5, 0.6) is 5.75 Å². The molecule has 0 radical (unpaired) electrons. The van der Waals surface area contributed by atoms with Gasteiger partial charge in [0.05, 0.1) is 24.3 Å². The Morgan fingerprint density at radius 1 is 1.10 bits per heavy atom. The van der Waals surface area contributed by atoms with Crippen molar-refractivity contribution in [3.05, 3.63) is 64.5 Å². The summed E-state index contributed by atoms with van der Waals surface area (Å²) in [5.74, 6) is -17.4. The van der Waals surface area contributed by atoms with E-state index in [2.05, 4.69) is 0 Å². The summed E-state index contributed by atoms with van der Waals surface area (Å²) >= 11 is 0. The summed E-state index contributed by atoms with van der Waals surface area (Å²) in [6.45, 7) is 2.06. The average molecular weight is 596 g/mol. The SMILES string of the molecule is CNC(=O)C(O)(N1C(=O)c2cccc(OCc3cccc(CN4CCOCC4)c3F)c2C1(O)O)C(O)(O)C(O)(O)C=O. The number of halogens is 1. The first-order chi connectivity index (χ1) is 19.6. The molecule has 2 aromatic carbocycles. The molecule has 2 amide bonds. The van der Waals surface area contributed by atoms with Crippen molar-refractivity contribution in [3.8, 4) is 5.75 Å². The Morgan fingerprint density at radius 3 is 2.33 bits per heavy atom. The molecule has 42 heavy (non-hydrogen) atoms. The molecule has 1 atom stereocenters. The van der Waals surface area contributed by atoms with Crippen LogP contribution in [-0.4, -0.2) is 114 Å². The lowest BCUT2D eigenvalue weighted by atomic mass is 9.91. The zero-order valence-corrected chi connectivity index (χ0v) is 22.2. The lowest BCUT2D eigenvalue weighted by molar-refractivity contribution is -0.426. The number of hydrogen-bond donors (Lipinski definition) is 8. The van der Waals surface area contributed by atoms with Gasteiger partial charge in [-0.05, 0) is 12.1 Å². The second-order valence-electron chi connectivity index (χ2n) is 9.79. The quantitative estimate of drug-likeness (QED) is 0.1000. The van der Waals surface area contributed by atoms with Crippen LogP contribution in [-0.2, 0) is 33.4 Å². The van der Waals surface area contributed by atoms with Crippen molar-refractivity contribution in [1.29, 1.82) is 0 Å². The van der Waals surface area contributed by atoms with Gasteiger partial charge in [-0.25, -0.2) is 9.29 Å². The Kier molecular flexibility index (Phi) is 8.40. The molecule has 16 heteroatoms. The van der Waals surface area contributed by atoms with E-state index in [0.717, 1.165) is 19.2 Å². The minimum absolute atomic E-state index is 0.0592. The third kappa shape index (κ3) is 4.91.